The second kappa shape index (κ2) is 48.5. The highest BCUT2D eigenvalue weighted by Gasteiger charge is 2.41. The highest BCUT2D eigenvalue weighted by atomic mass is 32.1. The van der Waals surface area contributed by atoms with Crippen LogP contribution in [0.1, 0.15) is 130 Å². The predicted molar refractivity (Wildman–Crippen MR) is 436 cm³/mol. The molecule has 14 amide bonds. The van der Waals surface area contributed by atoms with E-state index in [1.54, 1.807) is 66.2 Å². The number of amides is 14. The van der Waals surface area contributed by atoms with E-state index in [2.05, 4.69) is 65.1 Å². The van der Waals surface area contributed by atoms with Gasteiger partial charge in [0.15, 0.2) is 5.78 Å². The quantitative estimate of drug-likeness (QED) is 0.00802. The molecule has 0 spiro atoms. The van der Waals surface area contributed by atoms with Gasteiger partial charge in [-0.25, -0.2) is 4.79 Å². The van der Waals surface area contributed by atoms with Crippen molar-refractivity contribution in [2.75, 3.05) is 38.6 Å². The molecule has 1 unspecified atom stereocenters. The smallest absolute Gasteiger partial charge is 0.329 e. The first-order valence-corrected chi connectivity index (χ1v) is 40.0. The Labute approximate surface area is 711 Å². The summed E-state index contributed by atoms with van der Waals surface area (Å²) in [6.45, 7) is 1.62. The zero-order valence-electron chi connectivity index (χ0n) is 67.8. The molecule has 0 aliphatic carbocycles. The number of benzene rings is 3. The van der Waals surface area contributed by atoms with E-state index in [0.29, 0.717) is 39.9 Å². The number of ether oxygens (including phenoxy) is 2. The number of carboxylic acid groups (broad SMARTS) is 4. The second-order valence-corrected chi connectivity index (χ2v) is 29.8. The normalized spacial score (nSPS) is 20.5. The molecule has 1 saturated heterocycles. The molecule has 44 nitrogen and oxygen atoms in total. The molecule has 45 heteroatoms. The molecule has 124 heavy (non-hydrogen) atoms. The number of aromatic nitrogens is 1. The average Bonchev–Trinajstić information content (AvgIpc) is 1.68. The van der Waals surface area contributed by atoms with Gasteiger partial charge in [-0.05, 0) is 104 Å². The molecule has 670 valence electrons. The maximum Gasteiger partial charge on any atom is 0.329 e. The van der Waals surface area contributed by atoms with E-state index in [1.165, 1.54) is 24.3 Å². The zero-order valence-corrected chi connectivity index (χ0v) is 68.6. The number of Topliss-reactive ketones (excluding diaryl/α,β-unsaturated/α-hetero) is 1. The number of unbranched alkanes of at least 4 members (excludes halogenated alkanes) is 3. The molecular weight excluding hydrogens is 1650 g/mol. The van der Waals surface area contributed by atoms with Crippen LogP contribution in [-0.2, 0) is 97.5 Å². The number of thiophene rings is 1. The summed E-state index contributed by atoms with van der Waals surface area (Å²) in [5.41, 5.74) is 19.4. The summed E-state index contributed by atoms with van der Waals surface area (Å²) in [6.07, 6.45) is -4.53. The van der Waals surface area contributed by atoms with Crippen molar-refractivity contribution in [1.82, 2.24) is 74.1 Å². The lowest BCUT2D eigenvalue weighted by molar-refractivity contribution is -0.156. The van der Waals surface area contributed by atoms with Gasteiger partial charge in [-0.3, -0.25) is 91.1 Å². The monoisotopic (exact) mass is 1750 g/mol. The van der Waals surface area contributed by atoms with Gasteiger partial charge in [0.2, 0.25) is 76.8 Å². The minimum absolute atomic E-state index is 0.103. The maximum atomic E-state index is 14.9. The number of hydrogen-bond acceptors (Lipinski definition) is 26. The number of aliphatic carboxylic acids is 4. The first kappa shape index (κ1) is 98.8. The number of aliphatic hydroxyl groups is 1. The van der Waals surface area contributed by atoms with Crippen molar-refractivity contribution in [3.8, 4) is 16.9 Å². The lowest BCUT2D eigenvalue weighted by Gasteiger charge is -2.30. The molecule has 13 atom stereocenters. The van der Waals surface area contributed by atoms with Crippen molar-refractivity contribution in [2.24, 2.45) is 17.4 Å². The second-order valence-electron chi connectivity index (χ2n) is 28.9. The maximum absolute atomic E-state index is 14.9. The van der Waals surface area contributed by atoms with Gasteiger partial charge in [-0.2, -0.15) is 0 Å². The molecule has 2 aromatic heterocycles. The van der Waals surface area contributed by atoms with Crippen LogP contribution in [0.2, 0.25) is 0 Å². The Morgan fingerprint density at radius 2 is 1.16 bits per heavy atom. The number of carbonyl (C=O) groups excluding carboxylic acids is 16. The van der Waals surface area contributed by atoms with Crippen molar-refractivity contribution >= 4 is 146 Å². The van der Waals surface area contributed by atoms with E-state index in [-0.39, 0.29) is 35.5 Å². The molecule has 6 rings (SSSR count). The lowest BCUT2D eigenvalue weighted by Crippen LogP contribution is -2.62. The molecule has 1 aliphatic rings. The van der Waals surface area contributed by atoms with Crippen LogP contribution in [0.3, 0.4) is 0 Å². The molecule has 3 heterocycles. The SMILES string of the molecule is CCCCCCOc1ccc(-c2csc(C(=O)N[C@@H](Cc3c[nH]c4ccccc34)C(=O)N[C@H](CC(N)=O)C(=O)N[C@@H](CC(=O)O)C(=O)N[C@@H]3C(=O)NCC(=O)N[C@@H](CCCN)C(=O)N[C@@H](CC(=O)O)C(=O)N[C@H](C)C(=O)N[C@@H](CC(=O)O)C(=O)NCC(=O)N[C@H](CO)C(=O)NC([C@H](C)CC(=O)O)C(=O)N[C@@H](CC(=O)c4ccccc4N)C(=O)O[C@@H]3C)c2)cc1. The Hall–Kier alpha value is -14.0. The number of esters is 1. The summed E-state index contributed by atoms with van der Waals surface area (Å²) < 4.78 is 11.6. The standard InChI is InChI=1S/C79H101N17O27S/c1-5-6-7-12-24-122-44-21-19-41(20-22-44)43-27-58(124-37-43)76(118)93-50(26-42-33-83-48-17-11-9-14-45(42)48)72(114)90-51(29-59(82)99)73(115)92-54(32-65(108)109)74(116)96-67-40(4)123-79(121)55(28-57(98)46-15-8-10-16-47(46)81)94-78(120)66(38(2)25-62(102)103)95-75(117)56(36-97)88-61(101)34-84-69(111)52(30-63(104)105)89-68(110)39(3)86-71(113)53(31-64(106)107)91-70(112)49(18-13-23-80)87-60(100)35-85-77(67)119/h8-11,14-17,19-22,27,33,37-40,49-56,66-67,83,97H,5-7,12-13,18,23-26,28-32,34-36,80-81H2,1-4H3,(H2,82,99)(H,84,111)(H,85,119)(H,86,113)(H,87,100)(H,88,101)(H,89,110)(H,90,114)(H,91,112)(H,92,115)(H,93,118)(H,94,120)(H,95,117)(H,96,116)(H,102,103)(H,104,105)(H,106,107)(H,108,109)/t38-,39-,40-,49+,50+,51-,52+,53+,54+,55+,56-,66?,67+/m1/s1. The number of cyclic esters (lactones) is 1. The fourth-order valence-electron chi connectivity index (χ4n) is 12.5. The topological polar surface area (TPSA) is 711 Å². The lowest BCUT2D eigenvalue weighted by atomic mass is 9.96. The minimum atomic E-state index is -2.47. The van der Waals surface area contributed by atoms with E-state index < -0.39 is 261 Å². The van der Waals surface area contributed by atoms with Gasteiger partial charge in [0, 0.05) is 41.2 Å². The van der Waals surface area contributed by atoms with Gasteiger partial charge >= 0.3 is 29.8 Å². The van der Waals surface area contributed by atoms with Crippen molar-refractivity contribution < 1.29 is 131 Å². The van der Waals surface area contributed by atoms with Gasteiger partial charge in [-0.15, -0.1) is 11.3 Å². The van der Waals surface area contributed by atoms with Gasteiger partial charge in [0.1, 0.15) is 78.3 Å². The number of fused-ring (bicyclic) bond motifs is 1. The predicted octanol–water partition coefficient (Wildman–Crippen LogP) is -3.76. The van der Waals surface area contributed by atoms with Crippen molar-refractivity contribution in [3.05, 3.63) is 106 Å². The highest BCUT2D eigenvalue weighted by molar-refractivity contribution is 7.12. The molecule has 0 radical (unpaired) electrons. The number of H-pyrrole nitrogens is 1. The molecule has 25 N–H and O–H groups in total. The Balaban J connectivity index is 1.39. The minimum Gasteiger partial charge on any atom is -0.494 e. The molecule has 0 bridgehead atoms. The Bertz CT molecular complexity index is 4750. The van der Waals surface area contributed by atoms with E-state index in [0.717, 1.165) is 57.8 Å². The number of primary amides is 1. The summed E-state index contributed by atoms with van der Waals surface area (Å²) in [6, 6.07) is -2.22. The van der Waals surface area contributed by atoms with Crippen molar-refractivity contribution in [1.29, 1.82) is 0 Å². The van der Waals surface area contributed by atoms with Gasteiger partial charge in [0.25, 0.3) is 5.91 Å². The molecule has 1 fully saturated rings. The summed E-state index contributed by atoms with van der Waals surface area (Å²) in [4.78, 5) is 279. The molecule has 1 aliphatic heterocycles. The van der Waals surface area contributed by atoms with E-state index in [9.17, 15) is 121 Å². The van der Waals surface area contributed by atoms with Crippen LogP contribution in [0.5, 0.6) is 5.75 Å². The largest absolute Gasteiger partial charge is 0.494 e. The third-order valence-electron chi connectivity index (χ3n) is 19.1. The van der Waals surface area contributed by atoms with Crippen LogP contribution in [-0.4, -0.2) is 254 Å². The van der Waals surface area contributed by atoms with E-state index in [4.69, 9.17) is 26.7 Å². The Kier molecular flexibility index (Phi) is 38.6. The number of nitrogens with two attached hydrogens (primary N) is 3. The zero-order chi connectivity index (χ0) is 91.6. The summed E-state index contributed by atoms with van der Waals surface area (Å²) in [7, 11) is 0. The summed E-state index contributed by atoms with van der Waals surface area (Å²) >= 11 is 1.03. The molecule has 5 aromatic rings. The number of nitrogen functional groups attached to an aromatic ring is 1. The van der Waals surface area contributed by atoms with Crippen LogP contribution in [0.15, 0.2) is 90.4 Å². The Morgan fingerprint density at radius 1 is 0.581 bits per heavy atom. The van der Waals surface area contributed by atoms with Crippen LogP contribution in [0.25, 0.3) is 22.0 Å². The Morgan fingerprint density at radius 3 is 1.78 bits per heavy atom. The number of carbonyl (C=O) groups is 20. The number of carboxylic acids is 4. The first-order chi connectivity index (χ1) is 58.8. The third kappa shape index (κ3) is 31.2. The number of anilines is 1. The van der Waals surface area contributed by atoms with E-state index >= 15 is 0 Å². The van der Waals surface area contributed by atoms with Crippen molar-refractivity contribution in [2.45, 2.75) is 184 Å². The number of aromatic amines is 1. The fraction of sp³-hybridized carbons (Fsp3) is 0.443. The van der Waals surface area contributed by atoms with Crippen LogP contribution in [0, 0.1) is 5.92 Å². The number of aliphatic hydroxyl groups excluding tert-OH is 1. The number of nitrogens with one attached hydrogen (secondary N) is 14. The fourth-order valence-corrected chi connectivity index (χ4v) is 13.3. The van der Waals surface area contributed by atoms with Crippen LogP contribution < -0.4 is 91.1 Å². The molecule has 0 saturated carbocycles. The van der Waals surface area contributed by atoms with E-state index in [1.807, 2.05) is 16.0 Å². The van der Waals surface area contributed by atoms with Crippen LogP contribution in [0.4, 0.5) is 5.69 Å². The highest BCUT2D eigenvalue weighted by Crippen LogP contribution is 2.29. The first-order valence-electron chi connectivity index (χ1n) is 39.1. The number of ketones is 1. The number of para-hydroxylation sites is 2. The average molecular weight is 1750 g/mol. The number of rotatable bonds is 35. The summed E-state index contributed by atoms with van der Waals surface area (Å²) in [5, 5.41) is 80.6. The van der Waals surface area contributed by atoms with Gasteiger partial charge in [-0.1, -0.05) is 75.6 Å². The third-order valence-corrected chi connectivity index (χ3v) is 20.0. The van der Waals surface area contributed by atoms with Crippen molar-refractivity contribution in [3.63, 3.8) is 0 Å². The molecule has 3 aromatic carbocycles. The summed E-state index contributed by atoms with van der Waals surface area (Å²) in [5.74, 6) is -29.6. The number of hydrogen-bond donors (Lipinski definition) is 22. The molecular formula is C79H101N17O27S. The van der Waals surface area contributed by atoms with Crippen LogP contribution >= 0.6 is 11.3 Å². The van der Waals surface area contributed by atoms with Gasteiger partial charge in [0.05, 0.1) is 63.3 Å². The van der Waals surface area contributed by atoms with Gasteiger partial charge < -0.3 is 126 Å².